The Morgan fingerprint density at radius 2 is 2.17 bits per heavy atom. The molecule has 23 heavy (non-hydrogen) atoms. The van der Waals surface area contributed by atoms with Crippen LogP contribution >= 0.6 is 0 Å². The Hall–Kier alpha value is -2.08. The van der Waals surface area contributed by atoms with Crippen LogP contribution in [0.4, 0.5) is 0 Å². The Balaban J connectivity index is 1.74. The first-order valence-electron chi connectivity index (χ1n) is 7.80. The normalized spacial score (nSPS) is 20.2. The van der Waals surface area contributed by atoms with E-state index in [4.69, 9.17) is 14.6 Å². The Labute approximate surface area is 135 Å². The van der Waals surface area contributed by atoms with Crippen molar-refractivity contribution >= 4 is 11.9 Å². The fourth-order valence-corrected chi connectivity index (χ4v) is 2.67. The van der Waals surface area contributed by atoms with Gasteiger partial charge in [-0.25, -0.2) is 0 Å². The number of carbonyl (C=O) groups excluding carboxylic acids is 1. The van der Waals surface area contributed by atoms with Gasteiger partial charge in [-0.05, 0) is 31.4 Å². The van der Waals surface area contributed by atoms with Gasteiger partial charge in [0.2, 0.25) is 5.91 Å². The van der Waals surface area contributed by atoms with Crippen molar-refractivity contribution in [1.82, 2.24) is 5.32 Å². The lowest BCUT2D eigenvalue weighted by Crippen LogP contribution is -2.50. The van der Waals surface area contributed by atoms with Gasteiger partial charge in [-0.1, -0.05) is 18.2 Å². The van der Waals surface area contributed by atoms with Gasteiger partial charge in [0, 0.05) is 13.0 Å². The molecule has 0 saturated carbocycles. The van der Waals surface area contributed by atoms with E-state index in [1.165, 1.54) is 0 Å². The SMILES string of the molecule is Cc1ccccc1OCCCC(=O)NC1(CC(=O)O)CCOC1. The fraction of sp³-hybridized carbons (Fsp3) is 0.529. The number of carbonyl (C=O) groups is 2. The third-order valence-electron chi connectivity index (χ3n) is 3.90. The predicted molar refractivity (Wildman–Crippen MR) is 84.5 cm³/mol. The number of benzene rings is 1. The van der Waals surface area contributed by atoms with Gasteiger partial charge in [-0.2, -0.15) is 0 Å². The molecule has 2 N–H and O–H groups in total. The molecule has 1 aliphatic rings. The molecule has 126 valence electrons. The van der Waals surface area contributed by atoms with Crippen molar-refractivity contribution in [1.29, 1.82) is 0 Å². The summed E-state index contributed by atoms with van der Waals surface area (Å²) in [5.41, 5.74) is 0.292. The topological polar surface area (TPSA) is 84.9 Å². The predicted octanol–water partition coefficient (Wildman–Crippen LogP) is 1.90. The number of amides is 1. The van der Waals surface area contributed by atoms with Gasteiger partial charge in [0.15, 0.2) is 0 Å². The molecule has 0 spiro atoms. The largest absolute Gasteiger partial charge is 0.493 e. The molecule has 1 aliphatic heterocycles. The first-order chi connectivity index (χ1) is 11.0. The van der Waals surface area contributed by atoms with Crippen LogP contribution in [0, 0.1) is 6.92 Å². The smallest absolute Gasteiger partial charge is 0.305 e. The molecular weight excluding hydrogens is 298 g/mol. The molecule has 1 saturated heterocycles. The summed E-state index contributed by atoms with van der Waals surface area (Å²) in [6.07, 6.45) is 1.29. The highest BCUT2D eigenvalue weighted by molar-refractivity contribution is 5.78. The number of hydrogen-bond acceptors (Lipinski definition) is 4. The second kappa shape index (κ2) is 7.97. The summed E-state index contributed by atoms with van der Waals surface area (Å²) in [6.45, 7) is 3.15. The highest BCUT2D eigenvalue weighted by Crippen LogP contribution is 2.23. The van der Waals surface area contributed by atoms with E-state index in [0.29, 0.717) is 32.5 Å². The first kappa shape index (κ1) is 17.3. The number of para-hydroxylation sites is 1. The molecule has 1 aromatic rings. The van der Waals surface area contributed by atoms with Gasteiger partial charge >= 0.3 is 5.97 Å². The summed E-state index contributed by atoms with van der Waals surface area (Å²) < 4.78 is 10.9. The van der Waals surface area contributed by atoms with Gasteiger partial charge in [0.1, 0.15) is 5.75 Å². The molecule has 1 amide bonds. The number of hydrogen-bond donors (Lipinski definition) is 2. The highest BCUT2D eigenvalue weighted by Gasteiger charge is 2.38. The summed E-state index contributed by atoms with van der Waals surface area (Å²) >= 11 is 0. The van der Waals surface area contributed by atoms with Crippen molar-refractivity contribution in [3.63, 3.8) is 0 Å². The van der Waals surface area contributed by atoms with E-state index >= 15 is 0 Å². The fourth-order valence-electron chi connectivity index (χ4n) is 2.67. The molecule has 0 bridgehead atoms. The number of aliphatic carboxylic acids is 1. The Bertz CT molecular complexity index is 552. The van der Waals surface area contributed by atoms with Crippen LogP contribution in [-0.2, 0) is 14.3 Å². The van der Waals surface area contributed by atoms with Crippen LogP contribution in [0.2, 0.25) is 0 Å². The van der Waals surface area contributed by atoms with Gasteiger partial charge in [0.05, 0.1) is 25.2 Å². The maximum Gasteiger partial charge on any atom is 0.305 e. The molecule has 0 aliphatic carbocycles. The average molecular weight is 321 g/mol. The number of carboxylic acid groups (broad SMARTS) is 1. The van der Waals surface area contributed by atoms with Crippen LogP contribution in [-0.4, -0.2) is 42.3 Å². The van der Waals surface area contributed by atoms with Gasteiger partial charge < -0.3 is 19.9 Å². The Morgan fingerprint density at radius 1 is 1.39 bits per heavy atom. The van der Waals surface area contributed by atoms with Crippen molar-refractivity contribution in [2.75, 3.05) is 19.8 Å². The van der Waals surface area contributed by atoms with Crippen molar-refractivity contribution in [3.05, 3.63) is 29.8 Å². The lowest BCUT2D eigenvalue weighted by Gasteiger charge is -2.27. The average Bonchev–Trinajstić information content (AvgIpc) is 2.92. The van der Waals surface area contributed by atoms with Gasteiger partial charge in [-0.3, -0.25) is 9.59 Å². The molecule has 1 fully saturated rings. The van der Waals surface area contributed by atoms with E-state index in [1.54, 1.807) is 0 Å². The van der Waals surface area contributed by atoms with Crippen LogP contribution in [0.25, 0.3) is 0 Å². The molecule has 1 heterocycles. The van der Waals surface area contributed by atoms with Gasteiger partial charge in [0.25, 0.3) is 0 Å². The minimum atomic E-state index is -0.932. The summed E-state index contributed by atoms with van der Waals surface area (Å²) in [4.78, 5) is 23.0. The highest BCUT2D eigenvalue weighted by atomic mass is 16.5. The second-order valence-corrected chi connectivity index (χ2v) is 5.92. The number of carboxylic acids is 1. The van der Waals surface area contributed by atoms with Crippen LogP contribution < -0.4 is 10.1 Å². The van der Waals surface area contributed by atoms with Crippen molar-refractivity contribution in [3.8, 4) is 5.75 Å². The minimum absolute atomic E-state index is 0.113. The van der Waals surface area contributed by atoms with Crippen LogP contribution in [0.3, 0.4) is 0 Å². The zero-order chi connectivity index (χ0) is 16.7. The summed E-state index contributed by atoms with van der Waals surface area (Å²) in [5.74, 6) is -0.275. The minimum Gasteiger partial charge on any atom is -0.493 e. The van der Waals surface area contributed by atoms with Crippen molar-refractivity contribution in [2.24, 2.45) is 0 Å². The first-order valence-corrected chi connectivity index (χ1v) is 7.80. The lowest BCUT2D eigenvalue weighted by molar-refractivity contribution is -0.139. The molecule has 1 atom stereocenters. The lowest BCUT2D eigenvalue weighted by atomic mass is 9.94. The molecular formula is C17H23NO5. The van der Waals surface area contributed by atoms with E-state index in [-0.39, 0.29) is 18.9 Å². The number of ether oxygens (including phenoxy) is 2. The molecule has 6 nitrogen and oxygen atoms in total. The van der Waals surface area contributed by atoms with Crippen LogP contribution in [0.15, 0.2) is 24.3 Å². The van der Waals surface area contributed by atoms with Crippen LogP contribution in [0.5, 0.6) is 5.75 Å². The Kier molecular flexibility index (Phi) is 5.98. The van der Waals surface area contributed by atoms with Crippen LogP contribution in [0.1, 0.15) is 31.2 Å². The third-order valence-corrected chi connectivity index (χ3v) is 3.90. The maximum atomic E-state index is 12.0. The zero-order valence-corrected chi connectivity index (χ0v) is 13.3. The van der Waals surface area contributed by atoms with Gasteiger partial charge in [-0.15, -0.1) is 0 Å². The van der Waals surface area contributed by atoms with Crippen molar-refractivity contribution in [2.45, 2.75) is 38.1 Å². The third kappa shape index (κ3) is 5.25. The number of rotatable bonds is 8. The molecule has 2 rings (SSSR count). The van der Waals surface area contributed by atoms with E-state index in [2.05, 4.69) is 5.32 Å². The molecule has 0 radical (unpaired) electrons. The van der Waals surface area contributed by atoms with Crippen molar-refractivity contribution < 1.29 is 24.2 Å². The van der Waals surface area contributed by atoms with E-state index in [1.807, 2.05) is 31.2 Å². The molecule has 1 unspecified atom stereocenters. The number of aryl methyl sites for hydroxylation is 1. The maximum absolute atomic E-state index is 12.0. The van der Waals surface area contributed by atoms with E-state index < -0.39 is 11.5 Å². The molecule has 6 heteroatoms. The Morgan fingerprint density at radius 3 is 2.83 bits per heavy atom. The standard InChI is InChI=1S/C17H23NO5/c1-13-5-2-3-6-14(13)23-9-4-7-15(19)18-17(11-16(20)21)8-10-22-12-17/h2-3,5-6H,4,7-12H2,1H3,(H,18,19)(H,20,21). The molecule has 1 aromatic carbocycles. The van der Waals surface area contributed by atoms with E-state index in [0.717, 1.165) is 11.3 Å². The quantitative estimate of drug-likeness (QED) is 0.714. The summed E-state index contributed by atoms with van der Waals surface area (Å²) in [7, 11) is 0. The summed E-state index contributed by atoms with van der Waals surface area (Å²) in [5, 5.41) is 11.8. The number of nitrogens with one attached hydrogen (secondary N) is 1. The van der Waals surface area contributed by atoms with E-state index in [9.17, 15) is 9.59 Å². The zero-order valence-electron chi connectivity index (χ0n) is 13.3. The summed E-state index contributed by atoms with van der Waals surface area (Å²) in [6, 6.07) is 7.72. The molecule has 0 aromatic heterocycles. The monoisotopic (exact) mass is 321 g/mol. The second-order valence-electron chi connectivity index (χ2n) is 5.92.